The van der Waals surface area contributed by atoms with Crippen LogP contribution >= 0.6 is 34.5 Å². The van der Waals surface area contributed by atoms with Gasteiger partial charge >= 0.3 is 0 Å². The predicted molar refractivity (Wildman–Crippen MR) is 102 cm³/mol. The van der Waals surface area contributed by atoms with Crippen molar-refractivity contribution in [2.75, 3.05) is 11.4 Å². The summed E-state index contributed by atoms with van der Waals surface area (Å²) < 4.78 is 0. The van der Waals surface area contributed by atoms with E-state index in [4.69, 9.17) is 28.6 Å². The second-order valence-corrected chi connectivity index (χ2v) is 8.32. The first-order chi connectivity index (χ1) is 11.2. The summed E-state index contributed by atoms with van der Waals surface area (Å²) in [4.78, 5) is 6.30. The zero-order chi connectivity index (χ0) is 17.6. The van der Waals surface area contributed by atoms with Gasteiger partial charge in [-0.3, -0.25) is 5.41 Å². The van der Waals surface area contributed by atoms with E-state index in [1.54, 1.807) is 23.1 Å². The third-order valence-corrected chi connectivity index (χ3v) is 5.40. The molecule has 0 unspecified atom stereocenters. The number of benzene rings is 1. The SMILES string of the molecule is CC(C)(C)c1csc(C2=C(O)CN(c3ccc(Cl)c(Cl)c3)C2=N)n1. The lowest BCUT2D eigenvalue weighted by molar-refractivity contribution is 0.411. The van der Waals surface area contributed by atoms with Crippen LogP contribution in [0.3, 0.4) is 0 Å². The lowest BCUT2D eigenvalue weighted by Crippen LogP contribution is -2.26. The molecule has 0 aliphatic carbocycles. The van der Waals surface area contributed by atoms with E-state index in [-0.39, 0.29) is 23.6 Å². The third kappa shape index (κ3) is 3.04. The van der Waals surface area contributed by atoms with Gasteiger partial charge in [0.15, 0.2) is 0 Å². The fourth-order valence-corrected chi connectivity index (χ4v) is 3.82. The van der Waals surface area contributed by atoms with Gasteiger partial charge in [-0.25, -0.2) is 4.98 Å². The summed E-state index contributed by atoms with van der Waals surface area (Å²) in [6.07, 6.45) is 0. The number of halogens is 2. The number of hydrogen-bond acceptors (Lipinski definition) is 4. The van der Waals surface area contributed by atoms with Crippen molar-refractivity contribution < 1.29 is 5.11 Å². The Balaban J connectivity index is 1.93. The molecule has 0 fully saturated rings. The molecule has 1 aromatic carbocycles. The van der Waals surface area contributed by atoms with Gasteiger partial charge in [0.25, 0.3) is 0 Å². The van der Waals surface area contributed by atoms with Crippen molar-refractivity contribution in [3.63, 3.8) is 0 Å². The Morgan fingerprint density at radius 1 is 1.25 bits per heavy atom. The smallest absolute Gasteiger partial charge is 0.139 e. The number of aliphatic hydroxyl groups excluding tert-OH is 1. The van der Waals surface area contributed by atoms with E-state index in [2.05, 4.69) is 25.8 Å². The van der Waals surface area contributed by atoms with Crippen molar-refractivity contribution >= 4 is 51.6 Å². The maximum atomic E-state index is 10.4. The Kier molecular flexibility index (Phi) is 4.36. The summed E-state index contributed by atoms with van der Waals surface area (Å²) in [6.45, 7) is 6.47. The molecule has 2 heterocycles. The molecular weight excluding hydrogens is 365 g/mol. The molecule has 24 heavy (non-hydrogen) atoms. The van der Waals surface area contributed by atoms with Crippen molar-refractivity contribution in [3.8, 4) is 0 Å². The summed E-state index contributed by atoms with van der Waals surface area (Å²) in [5, 5.41) is 22.3. The van der Waals surface area contributed by atoms with Crippen LogP contribution in [0.25, 0.3) is 5.57 Å². The van der Waals surface area contributed by atoms with Gasteiger partial charge in [0.1, 0.15) is 16.6 Å². The Hall–Kier alpha value is -1.56. The summed E-state index contributed by atoms with van der Waals surface area (Å²) >= 11 is 13.5. The minimum atomic E-state index is -0.0743. The van der Waals surface area contributed by atoms with Crippen LogP contribution in [0, 0.1) is 5.41 Å². The number of aromatic nitrogens is 1. The number of hydrogen-bond donors (Lipinski definition) is 2. The molecule has 4 nitrogen and oxygen atoms in total. The van der Waals surface area contributed by atoms with Crippen molar-refractivity contribution in [2.24, 2.45) is 0 Å². The van der Waals surface area contributed by atoms with Gasteiger partial charge in [-0.15, -0.1) is 11.3 Å². The number of rotatable bonds is 2. The molecule has 0 spiro atoms. The number of amidine groups is 1. The number of aliphatic hydroxyl groups is 1. The molecule has 0 amide bonds. The topological polar surface area (TPSA) is 60.2 Å². The average Bonchev–Trinajstić information content (AvgIpc) is 3.07. The van der Waals surface area contributed by atoms with Crippen LogP contribution in [0.4, 0.5) is 5.69 Å². The summed E-state index contributed by atoms with van der Waals surface area (Å²) in [5.41, 5.74) is 2.06. The first kappa shape index (κ1) is 17.3. The zero-order valence-electron chi connectivity index (χ0n) is 13.5. The standard InChI is InChI=1S/C17H17Cl2N3OS/c1-17(2,3)13-8-24-16(21-13)14-12(23)7-22(15(14)20)9-4-5-10(18)11(19)6-9/h4-6,8,20,23H,7H2,1-3H3. The zero-order valence-corrected chi connectivity index (χ0v) is 15.9. The van der Waals surface area contributed by atoms with E-state index < -0.39 is 0 Å². The highest BCUT2D eigenvalue weighted by Crippen LogP contribution is 2.36. The van der Waals surface area contributed by atoms with Crippen LogP contribution in [-0.4, -0.2) is 22.5 Å². The fourth-order valence-electron chi connectivity index (χ4n) is 2.41. The van der Waals surface area contributed by atoms with Crippen LogP contribution in [0.5, 0.6) is 0 Å². The molecule has 0 atom stereocenters. The molecule has 1 aliphatic heterocycles. The number of thiazole rings is 1. The maximum absolute atomic E-state index is 10.4. The number of nitrogens with one attached hydrogen (secondary N) is 1. The third-order valence-electron chi connectivity index (χ3n) is 3.80. The number of nitrogens with zero attached hydrogens (tertiary/aromatic N) is 2. The molecule has 0 radical (unpaired) electrons. The summed E-state index contributed by atoms with van der Waals surface area (Å²) in [7, 11) is 0. The van der Waals surface area contributed by atoms with Gasteiger partial charge in [0.2, 0.25) is 0 Å². The van der Waals surface area contributed by atoms with Gasteiger partial charge in [0, 0.05) is 16.5 Å². The lowest BCUT2D eigenvalue weighted by atomic mass is 9.93. The highest BCUT2D eigenvalue weighted by molar-refractivity contribution is 7.11. The first-order valence-electron chi connectivity index (χ1n) is 7.38. The van der Waals surface area contributed by atoms with Gasteiger partial charge < -0.3 is 10.0 Å². The minimum absolute atomic E-state index is 0.0743. The molecule has 1 aromatic heterocycles. The van der Waals surface area contributed by atoms with Crippen LogP contribution in [-0.2, 0) is 5.41 Å². The fraction of sp³-hybridized carbons (Fsp3) is 0.294. The van der Waals surface area contributed by atoms with Crippen molar-refractivity contribution in [1.82, 2.24) is 4.98 Å². The largest absolute Gasteiger partial charge is 0.510 e. The Morgan fingerprint density at radius 2 is 1.96 bits per heavy atom. The van der Waals surface area contributed by atoms with Gasteiger partial charge in [0.05, 0.1) is 27.9 Å². The normalized spacial score (nSPS) is 15.5. The highest BCUT2D eigenvalue weighted by atomic mass is 35.5. The lowest BCUT2D eigenvalue weighted by Gasteiger charge is -2.19. The van der Waals surface area contributed by atoms with Crippen molar-refractivity contribution in [1.29, 1.82) is 5.41 Å². The molecular formula is C17H17Cl2N3OS. The Bertz CT molecular complexity index is 852. The predicted octanol–water partition coefficient (Wildman–Crippen LogP) is 5.51. The molecule has 3 rings (SSSR count). The van der Waals surface area contributed by atoms with E-state index in [1.807, 2.05) is 5.38 Å². The summed E-state index contributed by atoms with van der Waals surface area (Å²) in [5.74, 6) is 0.349. The van der Waals surface area contributed by atoms with E-state index >= 15 is 0 Å². The van der Waals surface area contributed by atoms with E-state index in [0.29, 0.717) is 26.3 Å². The van der Waals surface area contributed by atoms with Gasteiger partial charge in [-0.1, -0.05) is 44.0 Å². The average molecular weight is 382 g/mol. The monoisotopic (exact) mass is 381 g/mol. The number of anilines is 1. The molecule has 126 valence electrons. The minimum Gasteiger partial charge on any atom is -0.510 e. The molecule has 0 saturated carbocycles. The Labute approximate surface area is 154 Å². The molecule has 7 heteroatoms. The molecule has 0 bridgehead atoms. The highest BCUT2D eigenvalue weighted by Gasteiger charge is 2.32. The van der Waals surface area contributed by atoms with Crippen LogP contribution < -0.4 is 4.90 Å². The van der Waals surface area contributed by atoms with Crippen molar-refractivity contribution in [3.05, 3.63) is 50.1 Å². The van der Waals surface area contributed by atoms with E-state index in [9.17, 15) is 5.11 Å². The second kappa shape index (κ2) is 6.06. The van der Waals surface area contributed by atoms with Crippen molar-refractivity contribution in [2.45, 2.75) is 26.2 Å². The van der Waals surface area contributed by atoms with Crippen LogP contribution in [0.2, 0.25) is 10.0 Å². The van der Waals surface area contributed by atoms with Crippen LogP contribution in [0.1, 0.15) is 31.5 Å². The summed E-state index contributed by atoms with van der Waals surface area (Å²) in [6, 6.07) is 5.15. The van der Waals surface area contributed by atoms with Gasteiger partial charge in [-0.2, -0.15) is 0 Å². The first-order valence-corrected chi connectivity index (χ1v) is 9.02. The van der Waals surface area contributed by atoms with Gasteiger partial charge in [-0.05, 0) is 18.2 Å². The molecule has 1 aliphatic rings. The molecule has 2 N–H and O–H groups in total. The van der Waals surface area contributed by atoms with E-state index in [0.717, 1.165) is 5.69 Å². The van der Waals surface area contributed by atoms with E-state index in [1.165, 1.54) is 11.3 Å². The molecule has 2 aromatic rings. The quantitative estimate of drug-likeness (QED) is 0.720. The second-order valence-electron chi connectivity index (χ2n) is 6.64. The maximum Gasteiger partial charge on any atom is 0.139 e. The Morgan fingerprint density at radius 3 is 2.54 bits per heavy atom. The van der Waals surface area contributed by atoms with Crippen LogP contribution in [0.15, 0.2) is 29.3 Å². The molecule has 0 saturated heterocycles.